The smallest absolute Gasteiger partial charge is 0.244 e. The van der Waals surface area contributed by atoms with Gasteiger partial charge in [-0.1, -0.05) is 17.7 Å². The summed E-state index contributed by atoms with van der Waals surface area (Å²) in [4.78, 5) is 0.0593. The second kappa shape index (κ2) is 5.03. The number of nitrogens with two attached hydrogens (primary N) is 1. The first-order valence-electron chi connectivity index (χ1n) is 5.97. The van der Waals surface area contributed by atoms with Crippen molar-refractivity contribution in [2.24, 2.45) is 5.73 Å². The molecule has 1 aliphatic heterocycles. The van der Waals surface area contributed by atoms with Crippen molar-refractivity contribution in [1.82, 2.24) is 4.31 Å². The van der Waals surface area contributed by atoms with E-state index in [0.717, 1.165) is 5.56 Å². The highest BCUT2D eigenvalue weighted by Gasteiger charge is 2.39. The van der Waals surface area contributed by atoms with Crippen LogP contribution in [0, 0.1) is 0 Å². The molecule has 1 heterocycles. The Bertz CT molecular complexity index is 587. The van der Waals surface area contributed by atoms with E-state index in [0.29, 0.717) is 19.5 Å². The molecule has 0 amide bonds. The Balaban J connectivity index is 2.35. The van der Waals surface area contributed by atoms with Crippen LogP contribution in [0.5, 0.6) is 0 Å². The number of halogens is 1. The molecule has 106 valence electrons. The second-order valence-electron chi connectivity index (χ2n) is 5.05. The number of hydrogen-bond acceptors (Lipinski definition) is 4. The molecule has 0 saturated carbocycles. The molecule has 1 aliphatic rings. The number of sulfonamides is 1. The topological polar surface area (TPSA) is 83.6 Å². The molecule has 1 fully saturated rings. The first-order chi connectivity index (χ1) is 8.76. The quantitative estimate of drug-likeness (QED) is 0.870. The summed E-state index contributed by atoms with van der Waals surface area (Å²) < 4.78 is 26.1. The van der Waals surface area contributed by atoms with E-state index in [1.54, 1.807) is 19.1 Å². The van der Waals surface area contributed by atoms with Gasteiger partial charge in [-0.2, -0.15) is 4.31 Å². The zero-order valence-corrected chi connectivity index (χ0v) is 12.2. The van der Waals surface area contributed by atoms with Crippen LogP contribution >= 0.6 is 11.6 Å². The van der Waals surface area contributed by atoms with Gasteiger partial charge in [0, 0.05) is 19.6 Å². The molecule has 0 radical (unpaired) electrons. The number of hydrogen-bond donors (Lipinski definition) is 2. The first-order valence-corrected chi connectivity index (χ1v) is 7.79. The number of rotatable bonds is 3. The first kappa shape index (κ1) is 14.7. The van der Waals surface area contributed by atoms with Gasteiger partial charge in [-0.3, -0.25) is 0 Å². The van der Waals surface area contributed by atoms with Gasteiger partial charge in [-0.15, -0.1) is 0 Å². The standard InChI is InChI=1S/C12H17ClN2O3S/c1-12(16)4-5-15(8-12)19(17,18)11-3-2-9(7-14)6-10(11)13/h2-3,6,16H,4-5,7-8,14H2,1H3. The average molecular weight is 305 g/mol. The summed E-state index contributed by atoms with van der Waals surface area (Å²) in [7, 11) is -3.66. The summed E-state index contributed by atoms with van der Waals surface area (Å²) >= 11 is 6.02. The highest BCUT2D eigenvalue weighted by atomic mass is 35.5. The number of nitrogens with zero attached hydrogens (tertiary/aromatic N) is 1. The lowest BCUT2D eigenvalue weighted by atomic mass is 10.1. The molecule has 19 heavy (non-hydrogen) atoms. The van der Waals surface area contributed by atoms with Crippen LogP contribution in [0.1, 0.15) is 18.9 Å². The average Bonchev–Trinajstić information content (AvgIpc) is 2.69. The van der Waals surface area contributed by atoms with E-state index >= 15 is 0 Å². The van der Waals surface area contributed by atoms with Crippen LogP contribution in [-0.4, -0.2) is 36.5 Å². The van der Waals surface area contributed by atoms with Gasteiger partial charge in [0.25, 0.3) is 0 Å². The molecule has 1 unspecified atom stereocenters. The molecular weight excluding hydrogens is 288 g/mol. The van der Waals surface area contributed by atoms with Crippen molar-refractivity contribution in [1.29, 1.82) is 0 Å². The van der Waals surface area contributed by atoms with E-state index in [4.69, 9.17) is 17.3 Å². The lowest BCUT2D eigenvalue weighted by molar-refractivity contribution is 0.0762. The molecule has 1 atom stereocenters. The Morgan fingerprint density at radius 1 is 1.53 bits per heavy atom. The third-order valence-electron chi connectivity index (χ3n) is 3.27. The van der Waals surface area contributed by atoms with Gasteiger partial charge in [-0.05, 0) is 31.0 Å². The lowest BCUT2D eigenvalue weighted by Gasteiger charge is -2.19. The van der Waals surface area contributed by atoms with E-state index in [2.05, 4.69) is 0 Å². The zero-order chi connectivity index (χ0) is 14.3. The highest BCUT2D eigenvalue weighted by Crippen LogP contribution is 2.30. The fourth-order valence-electron chi connectivity index (χ4n) is 2.13. The van der Waals surface area contributed by atoms with Crippen molar-refractivity contribution in [3.8, 4) is 0 Å². The van der Waals surface area contributed by atoms with Gasteiger partial charge in [-0.25, -0.2) is 8.42 Å². The van der Waals surface area contributed by atoms with E-state index in [-0.39, 0.29) is 16.5 Å². The second-order valence-corrected chi connectivity index (χ2v) is 7.37. The minimum Gasteiger partial charge on any atom is -0.389 e. The third kappa shape index (κ3) is 2.93. The summed E-state index contributed by atoms with van der Waals surface area (Å²) in [5, 5.41) is 10.0. The minimum absolute atomic E-state index is 0.0593. The predicted octanol–water partition coefficient (Wildman–Crippen LogP) is 0.944. The molecule has 1 aromatic rings. The maximum atomic E-state index is 12.4. The SMILES string of the molecule is CC1(O)CCN(S(=O)(=O)c2ccc(CN)cc2Cl)C1. The molecule has 1 aromatic carbocycles. The zero-order valence-electron chi connectivity index (χ0n) is 10.6. The van der Waals surface area contributed by atoms with Crippen molar-refractivity contribution >= 4 is 21.6 Å². The molecule has 0 aliphatic carbocycles. The summed E-state index contributed by atoms with van der Waals surface area (Å²) in [5.41, 5.74) is 5.28. The summed E-state index contributed by atoms with van der Waals surface area (Å²) in [6.45, 7) is 2.31. The van der Waals surface area contributed by atoms with Crippen LogP contribution in [0.4, 0.5) is 0 Å². The number of benzene rings is 1. The van der Waals surface area contributed by atoms with Gasteiger partial charge in [0.1, 0.15) is 4.90 Å². The molecule has 2 rings (SSSR count). The van der Waals surface area contributed by atoms with Gasteiger partial charge < -0.3 is 10.8 Å². The Kier molecular flexibility index (Phi) is 3.90. The Morgan fingerprint density at radius 3 is 2.68 bits per heavy atom. The van der Waals surface area contributed by atoms with E-state index < -0.39 is 15.6 Å². The monoisotopic (exact) mass is 304 g/mol. The Morgan fingerprint density at radius 2 is 2.21 bits per heavy atom. The van der Waals surface area contributed by atoms with Crippen LogP contribution in [0.3, 0.4) is 0 Å². The maximum Gasteiger partial charge on any atom is 0.244 e. The molecule has 5 nitrogen and oxygen atoms in total. The molecular formula is C12H17ClN2O3S. The fourth-order valence-corrected chi connectivity index (χ4v) is 4.23. The summed E-state index contributed by atoms with van der Waals surface area (Å²) in [5.74, 6) is 0. The van der Waals surface area contributed by atoms with Crippen molar-refractivity contribution in [3.63, 3.8) is 0 Å². The molecule has 3 N–H and O–H groups in total. The maximum absolute atomic E-state index is 12.4. The molecule has 0 spiro atoms. The Hall–Kier alpha value is -0.660. The van der Waals surface area contributed by atoms with Crippen molar-refractivity contribution in [3.05, 3.63) is 28.8 Å². The minimum atomic E-state index is -3.66. The number of aliphatic hydroxyl groups is 1. The van der Waals surface area contributed by atoms with E-state index in [1.807, 2.05) is 0 Å². The van der Waals surface area contributed by atoms with Gasteiger partial charge >= 0.3 is 0 Å². The van der Waals surface area contributed by atoms with Gasteiger partial charge in [0.2, 0.25) is 10.0 Å². The van der Waals surface area contributed by atoms with Gasteiger partial charge in [0.15, 0.2) is 0 Å². The van der Waals surface area contributed by atoms with Crippen molar-refractivity contribution in [2.75, 3.05) is 13.1 Å². The van der Waals surface area contributed by atoms with Crippen molar-refractivity contribution in [2.45, 2.75) is 30.4 Å². The summed E-state index contributed by atoms with van der Waals surface area (Å²) in [6.07, 6.45) is 0.421. The highest BCUT2D eigenvalue weighted by molar-refractivity contribution is 7.89. The molecule has 1 saturated heterocycles. The normalized spacial score (nSPS) is 24.8. The molecule has 0 aromatic heterocycles. The lowest BCUT2D eigenvalue weighted by Crippen LogP contribution is -2.34. The molecule has 0 bridgehead atoms. The molecule has 7 heteroatoms. The Labute approximate surface area is 118 Å². The van der Waals surface area contributed by atoms with Crippen molar-refractivity contribution < 1.29 is 13.5 Å². The van der Waals surface area contributed by atoms with E-state index in [9.17, 15) is 13.5 Å². The van der Waals surface area contributed by atoms with Crippen LogP contribution in [0.2, 0.25) is 5.02 Å². The fraction of sp³-hybridized carbons (Fsp3) is 0.500. The number of β-amino-alcohol motifs (C(OH)–C–C–N with tert-alkyl or cyclic N) is 1. The van der Waals surface area contributed by atoms with Crippen LogP contribution in [-0.2, 0) is 16.6 Å². The summed E-state index contributed by atoms with van der Waals surface area (Å²) in [6, 6.07) is 4.67. The largest absolute Gasteiger partial charge is 0.389 e. The van der Waals surface area contributed by atoms with Crippen LogP contribution in [0.15, 0.2) is 23.1 Å². The van der Waals surface area contributed by atoms with E-state index in [1.165, 1.54) is 10.4 Å². The predicted molar refractivity (Wildman–Crippen MR) is 73.3 cm³/mol. The van der Waals surface area contributed by atoms with Gasteiger partial charge in [0.05, 0.1) is 10.6 Å². The van der Waals surface area contributed by atoms with Crippen LogP contribution < -0.4 is 5.73 Å². The third-order valence-corrected chi connectivity index (χ3v) is 5.59. The van der Waals surface area contributed by atoms with Crippen LogP contribution in [0.25, 0.3) is 0 Å².